The predicted octanol–water partition coefficient (Wildman–Crippen LogP) is 4.10. The number of ether oxygens (including phenoxy) is 1. The van der Waals surface area contributed by atoms with Crippen LogP contribution in [0.1, 0.15) is 44.9 Å². The summed E-state index contributed by atoms with van der Waals surface area (Å²) >= 11 is 0. The summed E-state index contributed by atoms with van der Waals surface area (Å²) < 4.78 is 40.8. The van der Waals surface area contributed by atoms with Gasteiger partial charge in [0.25, 0.3) is 0 Å². The molecule has 0 unspecified atom stereocenters. The Kier molecular flexibility index (Phi) is 5.92. The molecule has 148 valence electrons. The van der Waals surface area contributed by atoms with Crippen molar-refractivity contribution in [2.24, 2.45) is 5.92 Å². The molecule has 1 aromatic carbocycles. The smallest absolute Gasteiger partial charge is 0.406 e. The Morgan fingerprint density at radius 2 is 1.85 bits per heavy atom. The van der Waals surface area contributed by atoms with Crippen LogP contribution < -0.4 is 10.1 Å². The van der Waals surface area contributed by atoms with Crippen LogP contribution in [0.2, 0.25) is 0 Å². The molecule has 1 aliphatic carbocycles. The van der Waals surface area contributed by atoms with E-state index in [1.165, 1.54) is 25.0 Å². The lowest BCUT2D eigenvalue weighted by molar-refractivity contribution is -0.274. The van der Waals surface area contributed by atoms with Gasteiger partial charge in [0.1, 0.15) is 5.75 Å². The summed E-state index contributed by atoms with van der Waals surface area (Å²) in [5.41, 5.74) is 0.210. The Labute approximate surface area is 155 Å². The van der Waals surface area contributed by atoms with Gasteiger partial charge >= 0.3 is 6.36 Å². The maximum atomic E-state index is 12.5. The summed E-state index contributed by atoms with van der Waals surface area (Å²) in [5, 5.41) is 2.60. The first-order chi connectivity index (χ1) is 12.8. The molecule has 1 aromatic rings. The van der Waals surface area contributed by atoms with E-state index in [1.807, 2.05) is 4.90 Å². The number of hydrogen-bond donors (Lipinski definition) is 1. The van der Waals surface area contributed by atoms with Crippen molar-refractivity contribution in [2.45, 2.75) is 57.3 Å². The van der Waals surface area contributed by atoms with Gasteiger partial charge in [-0.1, -0.05) is 31.7 Å². The summed E-state index contributed by atoms with van der Waals surface area (Å²) in [6, 6.07) is 5.33. The first-order valence-electron chi connectivity index (χ1n) is 9.28. The first-order valence-corrected chi connectivity index (χ1v) is 9.28. The molecular formula is C19H23F3N2O3. The molecule has 1 saturated carbocycles. The normalized spacial score (nSPS) is 21.8. The quantitative estimate of drug-likeness (QED) is 0.796. The largest absolute Gasteiger partial charge is 0.573 e. The Bertz CT molecular complexity index is 685. The number of likely N-dealkylation sites (tertiary alicyclic amines) is 1. The number of halogens is 3. The average molecular weight is 384 g/mol. The van der Waals surface area contributed by atoms with Gasteiger partial charge in [0.05, 0.1) is 5.92 Å². The van der Waals surface area contributed by atoms with Crippen molar-refractivity contribution in [3.8, 4) is 5.75 Å². The Hall–Kier alpha value is -2.25. The molecule has 2 fully saturated rings. The van der Waals surface area contributed by atoms with Gasteiger partial charge in [-0.2, -0.15) is 0 Å². The molecule has 2 aliphatic rings. The maximum Gasteiger partial charge on any atom is 0.573 e. The van der Waals surface area contributed by atoms with Crippen LogP contribution in [0.3, 0.4) is 0 Å². The number of carbonyl (C=O) groups excluding carboxylic acids is 2. The predicted molar refractivity (Wildman–Crippen MR) is 93.1 cm³/mol. The van der Waals surface area contributed by atoms with E-state index >= 15 is 0 Å². The van der Waals surface area contributed by atoms with Crippen molar-refractivity contribution in [3.05, 3.63) is 24.3 Å². The van der Waals surface area contributed by atoms with Crippen molar-refractivity contribution >= 4 is 17.5 Å². The van der Waals surface area contributed by atoms with E-state index in [0.717, 1.165) is 37.8 Å². The van der Waals surface area contributed by atoms with E-state index in [2.05, 4.69) is 10.1 Å². The topological polar surface area (TPSA) is 58.6 Å². The summed E-state index contributed by atoms with van der Waals surface area (Å²) in [4.78, 5) is 26.7. The standard InChI is InChI=1S/C19H23F3N2O3/c20-19(21,22)27-16-9-5-6-14(11-16)23-18(26)13-10-17(25)24(12-13)15-7-3-1-2-4-8-15/h5-6,9,11,13,15H,1-4,7-8,10,12H2,(H,23,26)/t13-/m1/s1. The highest BCUT2D eigenvalue weighted by Crippen LogP contribution is 2.29. The van der Waals surface area contributed by atoms with Gasteiger partial charge in [-0.25, -0.2) is 0 Å². The molecule has 5 nitrogen and oxygen atoms in total. The Morgan fingerprint density at radius 3 is 2.52 bits per heavy atom. The summed E-state index contributed by atoms with van der Waals surface area (Å²) in [6.07, 6.45) is 1.83. The summed E-state index contributed by atoms with van der Waals surface area (Å²) in [6.45, 7) is 0.369. The number of carbonyl (C=O) groups is 2. The molecule has 27 heavy (non-hydrogen) atoms. The highest BCUT2D eigenvalue weighted by molar-refractivity contribution is 5.97. The molecular weight excluding hydrogens is 361 g/mol. The van der Waals surface area contributed by atoms with Crippen molar-refractivity contribution in [1.82, 2.24) is 4.90 Å². The zero-order valence-electron chi connectivity index (χ0n) is 14.9. The van der Waals surface area contributed by atoms with Crippen LogP contribution in [0.25, 0.3) is 0 Å². The molecule has 0 bridgehead atoms. The highest BCUT2D eigenvalue weighted by Gasteiger charge is 2.38. The fourth-order valence-electron chi connectivity index (χ4n) is 3.84. The fraction of sp³-hybridized carbons (Fsp3) is 0.579. The van der Waals surface area contributed by atoms with Crippen molar-refractivity contribution < 1.29 is 27.5 Å². The molecule has 1 N–H and O–H groups in total. The molecule has 0 spiro atoms. The third-order valence-electron chi connectivity index (χ3n) is 5.13. The van der Waals surface area contributed by atoms with Gasteiger partial charge in [-0.3, -0.25) is 9.59 Å². The molecule has 0 aromatic heterocycles. The molecule has 1 heterocycles. The number of benzene rings is 1. The van der Waals surface area contributed by atoms with Crippen molar-refractivity contribution in [3.63, 3.8) is 0 Å². The molecule has 1 atom stereocenters. The van der Waals surface area contributed by atoms with Gasteiger partial charge in [-0.15, -0.1) is 13.2 Å². The Morgan fingerprint density at radius 1 is 1.15 bits per heavy atom. The first kappa shape index (κ1) is 19.5. The third-order valence-corrected chi connectivity index (χ3v) is 5.13. The third kappa shape index (κ3) is 5.37. The second-order valence-corrected chi connectivity index (χ2v) is 7.16. The second kappa shape index (κ2) is 8.19. The number of alkyl halides is 3. The van der Waals surface area contributed by atoms with E-state index < -0.39 is 18.0 Å². The number of hydrogen-bond acceptors (Lipinski definition) is 3. The van der Waals surface area contributed by atoms with Gasteiger partial charge in [0, 0.05) is 30.8 Å². The minimum absolute atomic E-state index is 0.0174. The van der Waals surface area contributed by atoms with Crippen LogP contribution in [-0.2, 0) is 9.59 Å². The minimum Gasteiger partial charge on any atom is -0.406 e. The number of nitrogens with zero attached hydrogens (tertiary/aromatic N) is 1. The SMILES string of the molecule is O=C(Nc1cccc(OC(F)(F)F)c1)[C@@H]1CC(=O)N(C2CCCCCC2)C1. The van der Waals surface area contributed by atoms with Gasteiger partial charge in [0.2, 0.25) is 11.8 Å². The van der Waals surface area contributed by atoms with E-state index in [9.17, 15) is 22.8 Å². The van der Waals surface area contributed by atoms with Crippen LogP contribution in [0, 0.1) is 5.92 Å². The molecule has 8 heteroatoms. The Balaban J connectivity index is 1.60. The maximum absolute atomic E-state index is 12.5. The summed E-state index contributed by atoms with van der Waals surface area (Å²) in [7, 11) is 0. The van der Waals surface area contributed by atoms with E-state index in [4.69, 9.17) is 0 Å². The van der Waals surface area contributed by atoms with Crippen LogP contribution in [0.4, 0.5) is 18.9 Å². The lowest BCUT2D eigenvalue weighted by Gasteiger charge is -2.27. The number of rotatable bonds is 4. The van der Waals surface area contributed by atoms with Crippen LogP contribution >= 0.6 is 0 Å². The highest BCUT2D eigenvalue weighted by atomic mass is 19.4. The molecule has 0 radical (unpaired) electrons. The van der Waals surface area contributed by atoms with Gasteiger partial charge < -0.3 is 15.0 Å². The van der Waals surface area contributed by atoms with Crippen LogP contribution in [0.15, 0.2) is 24.3 Å². The van der Waals surface area contributed by atoms with Gasteiger partial charge in [0.15, 0.2) is 0 Å². The monoisotopic (exact) mass is 384 g/mol. The molecule has 2 amide bonds. The summed E-state index contributed by atoms with van der Waals surface area (Å²) in [5.74, 6) is -1.27. The zero-order valence-corrected chi connectivity index (χ0v) is 14.9. The number of nitrogens with one attached hydrogen (secondary N) is 1. The van der Waals surface area contributed by atoms with Crippen molar-refractivity contribution in [2.75, 3.05) is 11.9 Å². The lowest BCUT2D eigenvalue weighted by Crippen LogP contribution is -2.37. The number of amides is 2. The van der Waals surface area contributed by atoms with Crippen LogP contribution in [0.5, 0.6) is 5.75 Å². The lowest BCUT2D eigenvalue weighted by atomic mass is 10.1. The van der Waals surface area contributed by atoms with E-state index in [-0.39, 0.29) is 30.0 Å². The van der Waals surface area contributed by atoms with E-state index in [0.29, 0.717) is 6.54 Å². The van der Waals surface area contributed by atoms with Gasteiger partial charge in [-0.05, 0) is 25.0 Å². The molecule has 3 rings (SSSR count). The van der Waals surface area contributed by atoms with E-state index in [1.54, 1.807) is 0 Å². The fourth-order valence-corrected chi connectivity index (χ4v) is 3.84. The van der Waals surface area contributed by atoms with Crippen molar-refractivity contribution in [1.29, 1.82) is 0 Å². The zero-order chi connectivity index (χ0) is 19.4. The molecule has 1 aliphatic heterocycles. The van der Waals surface area contributed by atoms with Crippen LogP contribution in [-0.4, -0.2) is 35.7 Å². The molecule has 1 saturated heterocycles. The second-order valence-electron chi connectivity index (χ2n) is 7.16. The minimum atomic E-state index is -4.79. The average Bonchev–Trinajstić information content (AvgIpc) is 2.79. The number of anilines is 1.